The number of aromatic nitrogens is 2. The molecule has 0 unspecified atom stereocenters. The molecule has 6 heteroatoms. The summed E-state index contributed by atoms with van der Waals surface area (Å²) in [4.78, 5) is 11.8. The van der Waals surface area contributed by atoms with E-state index in [1.165, 1.54) is 16.9 Å². The highest BCUT2D eigenvalue weighted by Gasteiger charge is 2.19. The van der Waals surface area contributed by atoms with Crippen LogP contribution in [0, 0.1) is 11.6 Å². The quantitative estimate of drug-likeness (QED) is 0.809. The van der Waals surface area contributed by atoms with Crippen molar-refractivity contribution in [2.24, 2.45) is 0 Å². The zero-order chi connectivity index (χ0) is 14.7. The molecule has 0 aliphatic rings. The maximum Gasteiger partial charge on any atom is 0.341 e. The molecule has 4 nitrogen and oxygen atoms in total. The van der Waals surface area contributed by atoms with Gasteiger partial charge in [0.1, 0.15) is 17.1 Å². The molecule has 106 valence electrons. The van der Waals surface area contributed by atoms with Crippen molar-refractivity contribution in [3.63, 3.8) is 0 Å². The van der Waals surface area contributed by atoms with Gasteiger partial charge in [-0.15, -0.1) is 0 Å². The van der Waals surface area contributed by atoms with Crippen LogP contribution in [0.25, 0.3) is 5.69 Å². The number of carbonyl (C=O) groups is 1. The molecule has 20 heavy (non-hydrogen) atoms. The molecule has 1 aromatic carbocycles. The van der Waals surface area contributed by atoms with Crippen molar-refractivity contribution in [3.8, 4) is 5.69 Å². The Morgan fingerprint density at radius 1 is 1.35 bits per heavy atom. The van der Waals surface area contributed by atoms with Crippen LogP contribution in [0.5, 0.6) is 0 Å². The summed E-state index contributed by atoms with van der Waals surface area (Å²) in [6.07, 6.45) is 1.80. The Hall–Kier alpha value is -2.24. The average Bonchev–Trinajstić information content (AvgIpc) is 2.82. The average molecular weight is 280 g/mol. The molecule has 0 fully saturated rings. The van der Waals surface area contributed by atoms with Crippen molar-refractivity contribution in [1.29, 1.82) is 0 Å². The van der Waals surface area contributed by atoms with Gasteiger partial charge in [-0.05, 0) is 25.5 Å². The molecule has 0 saturated heterocycles. The third-order valence-electron chi connectivity index (χ3n) is 2.84. The van der Waals surface area contributed by atoms with E-state index < -0.39 is 17.6 Å². The highest BCUT2D eigenvalue weighted by Crippen LogP contribution is 2.20. The molecular formula is C14H14F2N2O2. The predicted molar refractivity (Wildman–Crippen MR) is 68.8 cm³/mol. The summed E-state index contributed by atoms with van der Waals surface area (Å²) < 4.78 is 32.9. The Labute approximate surface area is 115 Å². The van der Waals surface area contributed by atoms with E-state index in [1.807, 2.05) is 6.92 Å². The van der Waals surface area contributed by atoms with Crippen LogP contribution in [0.15, 0.2) is 24.4 Å². The first-order chi connectivity index (χ1) is 9.58. The van der Waals surface area contributed by atoms with Crippen molar-refractivity contribution in [2.45, 2.75) is 20.3 Å². The fourth-order valence-electron chi connectivity index (χ4n) is 1.95. The summed E-state index contributed by atoms with van der Waals surface area (Å²) in [5, 5.41) is 4.00. The van der Waals surface area contributed by atoms with E-state index in [0.717, 1.165) is 12.1 Å². The van der Waals surface area contributed by atoms with Crippen molar-refractivity contribution >= 4 is 5.97 Å². The van der Waals surface area contributed by atoms with E-state index in [-0.39, 0.29) is 17.9 Å². The van der Waals surface area contributed by atoms with Crippen molar-refractivity contribution < 1.29 is 18.3 Å². The minimum Gasteiger partial charge on any atom is -0.462 e. The summed E-state index contributed by atoms with van der Waals surface area (Å²) in [7, 11) is 0. The smallest absolute Gasteiger partial charge is 0.341 e. The molecule has 0 saturated carbocycles. The lowest BCUT2D eigenvalue weighted by Gasteiger charge is -2.08. The number of carbonyl (C=O) groups excluding carboxylic acids is 1. The van der Waals surface area contributed by atoms with Crippen molar-refractivity contribution in [2.75, 3.05) is 6.61 Å². The molecule has 0 atom stereocenters. The van der Waals surface area contributed by atoms with Crippen LogP contribution < -0.4 is 0 Å². The number of hydrogen-bond donors (Lipinski definition) is 0. The van der Waals surface area contributed by atoms with Gasteiger partial charge < -0.3 is 4.74 Å². The molecule has 2 aromatic rings. The highest BCUT2D eigenvalue weighted by molar-refractivity contribution is 5.90. The SMILES string of the molecule is CCOC(=O)c1cnn(-c2ccc(F)cc2F)c1CC. The molecule has 0 N–H and O–H groups in total. The summed E-state index contributed by atoms with van der Waals surface area (Å²) >= 11 is 0. The summed E-state index contributed by atoms with van der Waals surface area (Å²) in [6.45, 7) is 3.77. The van der Waals surface area contributed by atoms with E-state index in [0.29, 0.717) is 12.1 Å². The lowest BCUT2D eigenvalue weighted by molar-refractivity contribution is 0.0525. The Bertz CT molecular complexity index is 638. The molecule has 0 spiro atoms. The second-order valence-corrected chi connectivity index (χ2v) is 4.09. The third kappa shape index (κ3) is 2.54. The molecule has 1 aromatic heterocycles. The van der Waals surface area contributed by atoms with Crippen LogP contribution in [-0.4, -0.2) is 22.4 Å². The first-order valence-electron chi connectivity index (χ1n) is 6.27. The lowest BCUT2D eigenvalue weighted by atomic mass is 10.2. The first-order valence-corrected chi connectivity index (χ1v) is 6.27. The van der Waals surface area contributed by atoms with Gasteiger partial charge in [-0.1, -0.05) is 6.92 Å². The topological polar surface area (TPSA) is 44.1 Å². The molecule has 0 aliphatic carbocycles. The minimum atomic E-state index is -0.738. The minimum absolute atomic E-state index is 0.0961. The number of halogens is 2. The second kappa shape index (κ2) is 5.81. The Morgan fingerprint density at radius 2 is 2.10 bits per heavy atom. The van der Waals surface area contributed by atoms with Crippen LogP contribution in [0.1, 0.15) is 29.9 Å². The van der Waals surface area contributed by atoms with Crippen LogP contribution in [0.3, 0.4) is 0 Å². The van der Waals surface area contributed by atoms with Gasteiger partial charge in [0.25, 0.3) is 0 Å². The van der Waals surface area contributed by atoms with Crippen LogP contribution in [-0.2, 0) is 11.2 Å². The van der Waals surface area contributed by atoms with Gasteiger partial charge in [-0.25, -0.2) is 18.3 Å². The first kappa shape index (κ1) is 14.2. The van der Waals surface area contributed by atoms with Gasteiger partial charge in [-0.3, -0.25) is 0 Å². The van der Waals surface area contributed by atoms with Gasteiger partial charge in [0.2, 0.25) is 0 Å². The van der Waals surface area contributed by atoms with E-state index in [1.54, 1.807) is 6.92 Å². The molecule has 0 amide bonds. The molecular weight excluding hydrogens is 266 g/mol. The number of nitrogens with zero attached hydrogens (tertiary/aromatic N) is 2. The Balaban J connectivity index is 2.50. The zero-order valence-corrected chi connectivity index (χ0v) is 11.2. The summed E-state index contributed by atoms with van der Waals surface area (Å²) in [5.41, 5.74) is 0.908. The third-order valence-corrected chi connectivity index (χ3v) is 2.84. The molecule has 2 rings (SSSR count). The number of hydrogen-bond acceptors (Lipinski definition) is 3. The Morgan fingerprint density at radius 3 is 2.70 bits per heavy atom. The van der Waals surface area contributed by atoms with Crippen molar-refractivity contribution in [3.05, 3.63) is 47.3 Å². The van der Waals surface area contributed by atoms with Crippen LogP contribution >= 0.6 is 0 Å². The van der Waals surface area contributed by atoms with E-state index >= 15 is 0 Å². The van der Waals surface area contributed by atoms with Gasteiger partial charge in [0.05, 0.1) is 18.5 Å². The predicted octanol–water partition coefficient (Wildman–Crippen LogP) is 2.89. The normalized spacial score (nSPS) is 10.6. The lowest BCUT2D eigenvalue weighted by Crippen LogP contribution is -2.10. The standard InChI is InChI=1S/C14H14F2N2O2/c1-3-12-10(14(19)20-4-2)8-17-18(12)13-6-5-9(15)7-11(13)16/h5-8H,3-4H2,1-2H3. The number of esters is 1. The molecule has 0 aliphatic heterocycles. The van der Waals surface area contributed by atoms with Crippen LogP contribution in [0.4, 0.5) is 8.78 Å². The van der Waals surface area contributed by atoms with Gasteiger partial charge in [0, 0.05) is 6.07 Å². The van der Waals surface area contributed by atoms with Crippen LogP contribution in [0.2, 0.25) is 0 Å². The van der Waals surface area contributed by atoms with Gasteiger partial charge in [-0.2, -0.15) is 5.10 Å². The summed E-state index contributed by atoms with van der Waals surface area (Å²) in [6, 6.07) is 3.20. The molecule has 1 heterocycles. The number of rotatable bonds is 4. The molecule has 0 bridgehead atoms. The zero-order valence-electron chi connectivity index (χ0n) is 11.2. The monoisotopic (exact) mass is 280 g/mol. The second-order valence-electron chi connectivity index (χ2n) is 4.09. The summed E-state index contributed by atoms with van der Waals surface area (Å²) in [5.74, 6) is -1.90. The van der Waals surface area contributed by atoms with Crippen molar-refractivity contribution in [1.82, 2.24) is 9.78 Å². The van der Waals surface area contributed by atoms with Gasteiger partial charge >= 0.3 is 5.97 Å². The maximum absolute atomic E-state index is 13.8. The van der Waals surface area contributed by atoms with Gasteiger partial charge in [0.15, 0.2) is 5.82 Å². The van der Waals surface area contributed by atoms with E-state index in [2.05, 4.69) is 5.10 Å². The molecule has 0 radical (unpaired) electrons. The fraction of sp³-hybridized carbons (Fsp3) is 0.286. The fourth-order valence-corrected chi connectivity index (χ4v) is 1.95. The number of benzene rings is 1. The Kier molecular flexibility index (Phi) is 4.12. The number of ether oxygens (including phenoxy) is 1. The maximum atomic E-state index is 13.8. The largest absolute Gasteiger partial charge is 0.462 e. The van der Waals surface area contributed by atoms with E-state index in [4.69, 9.17) is 4.74 Å². The van der Waals surface area contributed by atoms with E-state index in [9.17, 15) is 13.6 Å². The highest BCUT2D eigenvalue weighted by atomic mass is 19.1.